The van der Waals surface area contributed by atoms with Gasteiger partial charge in [0.2, 0.25) is 23.6 Å². The number of hydrogen-bond acceptors (Lipinski definition) is 7. The maximum atomic E-state index is 13.5. The van der Waals surface area contributed by atoms with Crippen molar-refractivity contribution < 1.29 is 29.1 Å². The number of rotatable bonds is 12. The van der Waals surface area contributed by atoms with E-state index in [2.05, 4.69) is 36.2 Å². The molecule has 200 valence electrons. The Morgan fingerprint density at radius 1 is 1.08 bits per heavy atom. The first kappa shape index (κ1) is 26.5. The van der Waals surface area contributed by atoms with Crippen LogP contribution in [0.25, 0.3) is 10.9 Å². The number of fused-ring (bicyclic) bond motifs is 1. The lowest BCUT2D eigenvalue weighted by Crippen LogP contribution is -2.58. The number of benzene rings is 1. The number of hydrogen-bond donors (Lipinski definition) is 7. The molecule has 0 saturated carbocycles. The van der Waals surface area contributed by atoms with Crippen LogP contribution in [0.4, 0.5) is 0 Å². The largest absolute Gasteiger partial charge is 0.394 e. The van der Waals surface area contributed by atoms with Gasteiger partial charge in [0, 0.05) is 48.3 Å². The van der Waals surface area contributed by atoms with Crippen molar-refractivity contribution in [3.05, 3.63) is 54.2 Å². The Kier molecular flexibility index (Phi) is 8.48. The number of carbonyl (C=O) groups excluding carboxylic acids is 5. The molecule has 0 aliphatic carbocycles. The van der Waals surface area contributed by atoms with Crippen LogP contribution in [0.1, 0.15) is 24.1 Å². The summed E-state index contributed by atoms with van der Waals surface area (Å²) in [5.41, 5.74) is 2.16. The van der Waals surface area contributed by atoms with E-state index in [1.165, 1.54) is 12.5 Å². The number of aliphatic hydroxyl groups excluding tert-OH is 1. The molecule has 2 aromatic heterocycles. The quantitative estimate of drug-likeness (QED) is 0.142. The van der Waals surface area contributed by atoms with Crippen LogP contribution in [0.15, 0.2) is 43.0 Å². The molecule has 3 aromatic rings. The van der Waals surface area contributed by atoms with Gasteiger partial charge in [-0.05, 0) is 18.1 Å². The molecule has 0 bridgehead atoms. The molecule has 4 amide bonds. The van der Waals surface area contributed by atoms with E-state index in [-0.39, 0.29) is 25.2 Å². The van der Waals surface area contributed by atoms with Gasteiger partial charge in [-0.1, -0.05) is 18.2 Å². The Labute approximate surface area is 217 Å². The van der Waals surface area contributed by atoms with E-state index in [1.54, 1.807) is 6.20 Å². The van der Waals surface area contributed by atoms with Gasteiger partial charge in [-0.3, -0.25) is 19.2 Å². The molecule has 1 aliphatic heterocycles. The summed E-state index contributed by atoms with van der Waals surface area (Å²) in [7, 11) is 0. The van der Waals surface area contributed by atoms with Crippen molar-refractivity contribution in [2.75, 3.05) is 6.61 Å². The van der Waals surface area contributed by atoms with Crippen LogP contribution in [-0.2, 0) is 36.8 Å². The van der Waals surface area contributed by atoms with Crippen molar-refractivity contribution >= 4 is 40.8 Å². The standard InChI is InChI=1S/C25H29N7O6/c33-11-16(12-34)29-24(37)20(7-14-9-27-18-4-2-1-3-17(14)18)31-25(38)21(8-15-10-26-13-28-15)32-23(36)19-5-6-22(35)30-19/h1-4,9-11,13,16,19-21,27,34H,5-8,12H2,(H,26,28)(H,29,37)(H,30,35)(H,31,38)(H,32,36)/t16-,19+,20+,21+/m1/s1. The highest BCUT2D eigenvalue weighted by Gasteiger charge is 2.33. The summed E-state index contributed by atoms with van der Waals surface area (Å²) in [5, 5.41) is 20.6. The number of nitrogens with one attached hydrogen (secondary N) is 6. The molecule has 0 spiro atoms. The number of para-hydroxylation sites is 1. The number of aromatic amines is 2. The summed E-state index contributed by atoms with van der Waals surface area (Å²) in [5.74, 6) is -2.09. The number of aliphatic hydroxyl groups is 1. The van der Waals surface area contributed by atoms with Crippen LogP contribution in [-0.4, -0.2) is 80.7 Å². The number of aldehydes is 1. The summed E-state index contributed by atoms with van der Waals surface area (Å²) in [4.78, 5) is 72.1. The summed E-state index contributed by atoms with van der Waals surface area (Å²) < 4.78 is 0. The number of aromatic nitrogens is 3. The van der Waals surface area contributed by atoms with Crippen molar-refractivity contribution in [1.29, 1.82) is 0 Å². The molecule has 1 aliphatic rings. The maximum Gasteiger partial charge on any atom is 0.243 e. The van der Waals surface area contributed by atoms with Crippen molar-refractivity contribution in [1.82, 2.24) is 36.2 Å². The van der Waals surface area contributed by atoms with Gasteiger partial charge in [0.05, 0.1) is 12.9 Å². The van der Waals surface area contributed by atoms with Crippen LogP contribution in [0, 0.1) is 0 Å². The van der Waals surface area contributed by atoms with Crippen molar-refractivity contribution in [2.45, 2.75) is 49.9 Å². The highest BCUT2D eigenvalue weighted by Crippen LogP contribution is 2.19. The normalized spacial score (nSPS) is 17.3. The monoisotopic (exact) mass is 523 g/mol. The third kappa shape index (κ3) is 6.42. The zero-order valence-electron chi connectivity index (χ0n) is 20.4. The Morgan fingerprint density at radius 3 is 2.53 bits per heavy atom. The maximum absolute atomic E-state index is 13.5. The lowest BCUT2D eigenvalue weighted by Gasteiger charge is -2.24. The van der Waals surface area contributed by atoms with E-state index >= 15 is 0 Å². The highest BCUT2D eigenvalue weighted by molar-refractivity contribution is 5.96. The molecule has 0 unspecified atom stereocenters. The molecule has 1 fully saturated rings. The number of imidazole rings is 1. The van der Waals surface area contributed by atoms with E-state index in [0.29, 0.717) is 18.4 Å². The van der Waals surface area contributed by atoms with Crippen molar-refractivity contribution in [3.8, 4) is 0 Å². The van der Waals surface area contributed by atoms with Crippen molar-refractivity contribution in [3.63, 3.8) is 0 Å². The molecule has 0 radical (unpaired) electrons. The Balaban J connectivity index is 1.55. The minimum absolute atomic E-state index is 0.0489. The summed E-state index contributed by atoms with van der Waals surface area (Å²) >= 11 is 0. The van der Waals surface area contributed by atoms with Gasteiger partial charge in [0.15, 0.2) is 0 Å². The average Bonchev–Trinajstić information content (AvgIpc) is 3.68. The summed E-state index contributed by atoms with van der Waals surface area (Å²) in [6.07, 6.45) is 5.72. The molecule has 13 nitrogen and oxygen atoms in total. The topological polar surface area (TPSA) is 198 Å². The lowest BCUT2D eigenvalue weighted by atomic mass is 10.0. The van der Waals surface area contributed by atoms with Gasteiger partial charge in [-0.25, -0.2) is 4.98 Å². The molecule has 3 heterocycles. The van der Waals surface area contributed by atoms with Gasteiger partial charge in [0.25, 0.3) is 0 Å². The molecule has 4 rings (SSSR count). The molecular weight excluding hydrogens is 494 g/mol. The summed E-state index contributed by atoms with van der Waals surface area (Å²) in [6.45, 7) is -0.603. The fourth-order valence-electron chi connectivity index (χ4n) is 4.32. The van der Waals surface area contributed by atoms with E-state index < -0.39 is 48.5 Å². The van der Waals surface area contributed by atoms with Crippen LogP contribution < -0.4 is 21.3 Å². The average molecular weight is 524 g/mol. The molecule has 38 heavy (non-hydrogen) atoms. The second-order valence-electron chi connectivity index (χ2n) is 9.06. The van der Waals surface area contributed by atoms with E-state index in [4.69, 9.17) is 0 Å². The first-order valence-corrected chi connectivity index (χ1v) is 12.2. The minimum atomic E-state index is -1.14. The minimum Gasteiger partial charge on any atom is -0.394 e. The third-order valence-corrected chi connectivity index (χ3v) is 6.34. The third-order valence-electron chi connectivity index (χ3n) is 6.34. The van der Waals surface area contributed by atoms with Crippen LogP contribution in [0.3, 0.4) is 0 Å². The Hall–Kier alpha value is -4.52. The zero-order valence-corrected chi connectivity index (χ0v) is 20.4. The van der Waals surface area contributed by atoms with Gasteiger partial charge < -0.3 is 41.1 Å². The number of nitrogens with zero attached hydrogens (tertiary/aromatic N) is 1. The molecule has 4 atom stereocenters. The van der Waals surface area contributed by atoms with E-state index in [0.717, 1.165) is 16.5 Å². The zero-order chi connectivity index (χ0) is 27.1. The van der Waals surface area contributed by atoms with Gasteiger partial charge in [0.1, 0.15) is 30.5 Å². The van der Waals surface area contributed by atoms with Gasteiger partial charge >= 0.3 is 0 Å². The second-order valence-corrected chi connectivity index (χ2v) is 9.06. The van der Waals surface area contributed by atoms with Gasteiger partial charge in [-0.2, -0.15) is 0 Å². The SMILES string of the molecule is O=C[C@H](CO)NC(=O)[C@H](Cc1c[nH]c2ccccc12)NC(=O)[C@H](Cc1cnc[nH]1)NC(=O)[C@@H]1CCC(=O)N1. The van der Waals surface area contributed by atoms with E-state index in [9.17, 15) is 29.1 Å². The highest BCUT2D eigenvalue weighted by atomic mass is 16.3. The van der Waals surface area contributed by atoms with Crippen LogP contribution >= 0.6 is 0 Å². The number of H-pyrrole nitrogens is 2. The Morgan fingerprint density at radius 2 is 1.84 bits per heavy atom. The molecule has 13 heteroatoms. The predicted octanol–water partition coefficient (Wildman–Crippen LogP) is -1.40. The van der Waals surface area contributed by atoms with Gasteiger partial charge in [-0.15, -0.1) is 0 Å². The predicted molar refractivity (Wildman–Crippen MR) is 134 cm³/mol. The lowest BCUT2D eigenvalue weighted by molar-refractivity contribution is -0.133. The first-order chi connectivity index (χ1) is 18.4. The number of carbonyl (C=O) groups is 5. The fraction of sp³-hybridized carbons (Fsp3) is 0.360. The van der Waals surface area contributed by atoms with Crippen LogP contribution in [0.2, 0.25) is 0 Å². The molecule has 1 aromatic carbocycles. The molecular formula is C25H29N7O6. The van der Waals surface area contributed by atoms with E-state index in [1.807, 2.05) is 24.3 Å². The van der Waals surface area contributed by atoms with Crippen molar-refractivity contribution in [2.24, 2.45) is 0 Å². The number of amides is 4. The molecule has 7 N–H and O–H groups in total. The smallest absolute Gasteiger partial charge is 0.243 e. The molecule has 1 saturated heterocycles. The second kappa shape index (κ2) is 12.1. The Bertz CT molecular complexity index is 1300. The fourth-order valence-corrected chi connectivity index (χ4v) is 4.32. The first-order valence-electron chi connectivity index (χ1n) is 12.2. The summed E-state index contributed by atoms with van der Waals surface area (Å²) in [6, 6.07) is 3.31. The van der Waals surface area contributed by atoms with Crippen LogP contribution in [0.5, 0.6) is 0 Å².